The highest BCUT2D eigenvalue weighted by Crippen LogP contribution is 2.34. The van der Waals surface area contributed by atoms with Crippen LogP contribution in [0.3, 0.4) is 0 Å². The van der Waals surface area contributed by atoms with Crippen LogP contribution in [0.25, 0.3) is 10.9 Å². The van der Waals surface area contributed by atoms with Gasteiger partial charge in [0, 0.05) is 19.2 Å². The SMILES string of the molecule is Cc1c(CC(N)C(=O)O)c2c([N+](=O)[O-])cc(F)cc2n1C. The topological polar surface area (TPSA) is 111 Å². The first-order chi connectivity index (χ1) is 9.73. The Morgan fingerprint density at radius 2 is 2.19 bits per heavy atom. The van der Waals surface area contributed by atoms with Gasteiger partial charge in [-0.3, -0.25) is 14.9 Å². The molecule has 0 aliphatic heterocycles. The molecule has 1 heterocycles. The summed E-state index contributed by atoms with van der Waals surface area (Å²) < 4.78 is 15.1. The molecule has 1 aromatic heterocycles. The van der Waals surface area contributed by atoms with E-state index in [4.69, 9.17) is 10.8 Å². The van der Waals surface area contributed by atoms with E-state index in [0.717, 1.165) is 6.07 Å². The fourth-order valence-electron chi connectivity index (χ4n) is 2.42. The molecule has 112 valence electrons. The van der Waals surface area contributed by atoms with Crippen LogP contribution in [0.15, 0.2) is 12.1 Å². The highest BCUT2D eigenvalue weighted by molar-refractivity contribution is 5.94. The number of nitro groups is 1. The largest absolute Gasteiger partial charge is 0.480 e. The van der Waals surface area contributed by atoms with Crippen LogP contribution in [-0.2, 0) is 18.3 Å². The number of rotatable bonds is 4. The van der Waals surface area contributed by atoms with Crippen molar-refractivity contribution in [1.82, 2.24) is 4.57 Å². The highest BCUT2D eigenvalue weighted by Gasteiger charge is 2.25. The zero-order valence-corrected chi connectivity index (χ0v) is 11.5. The Bertz CT molecular complexity index is 754. The second kappa shape index (κ2) is 5.13. The lowest BCUT2D eigenvalue weighted by Crippen LogP contribution is -2.32. The van der Waals surface area contributed by atoms with Crippen LogP contribution in [0.1, 0.15) is 11.3 Å². The molecule has 0 saturated heterocycles. The number of benzene rings is 1. The number of carboxylic acid groups (broad SMARTS) is 1. The van der Waals surface area contributed by atoms with E-state index in [2.05, 4.69) is 0 Å². The van der Waals surface area contributed by atoms with Crippen molar-refractivity contribution in [1.29, 1.82) is 0 Å². The van der Waals surface area contributed by atoms with Crippen LogP contribution in [0, 0.1) is 22.9 Å². The number of hydrogen-bond acceptors (Lipinski definition) is 4. The van der Waals surface area contributed by atoms with Crippen LogP contribution in [0.4, 0.5) is 10.1 Å². The fraction of sp³-hybridized carbons (Fsp3) is 0.308. The lowest BCUT2D eigenvalue weighted by Gasteiger charge is -2.07. The number of aliphatic carboxylic acids is 1. The molecule has 2 rings (SSSR count). The maximum absolute atomic E-state index is 13.5. The standard InChI is InChI=1S/C13H14FN3O4/c1-6-8(5-9(15)13(18)19)12-10(16(6)2)3-7(14)4-11(12)17(20)21/h3-4,9H,5,15H2,1-2H3,(H,18,19). The van der Waals surface area contributed by atoms with E-state index < -0.39 is 22.8 Å². The lowest BCUT2D eigenvalue weighted by atomic mass is 10.0. The van der Waals surface area contributed by atoms with Gasteiger partial charge in [-0.1, -0.05) is 0 Å². The minimum absolute atomic E-state index is 0.0645. The molecule has 1 atom stereocenters. The van der Waals surface area contributed by atoms with Gasteiger partial charge in [0.2, 0.25) is 0 Å². The summed E-state index contributed by atoms with van der Waals surface area (Å²) in [6.45, 7) is 1.69. The number of carbonyl (C=O) groups is 1. The molecule has 0 aliphatic rings. The number of aromatic nitrogens is 1. The predicted octanol–water partition coefficient (Wildman–Crippen LogP) is 1.49. The smallest absolute Gasteiger partial charge is 0.320 e. The first kappa shape index (κ1) is 14.9. The molecule has 0 bridgehead atoms. The van der Waals surface area contributed by atoms with Crippen LogP contribution in [0.5, 0.6) is 0 Å². The Morgan fingerprint density at radius 3 is 2.71 bits per heavy atom. The van der Waals surface area contributed by atoms with Crippen molar-refractivity contribution in [3.8, 4) is 0 Å². The van der Waals surface area contributed by atoms with Crippen molar-refractivity contribution in [2.75, 3.05) is 0 Å². The molecule has 0 spiro atoms. The van der Waals surface area contributed by atoms with Gasteiger partial charge in [-0.05, 0) is 18.6 Å². The lowest BCUT2D eigenvalue weighted by molar-refractivity contribution is -0.383. The third-order valence-electron chi connectivity index (χ3n) is 3.60. The van der Waals surface area contributed by atoms with Crippen molar-refractivity contribution < 1.29 is 19.2 Å². The van der Waals surface area contributed by atoms with Gasteiger partial charge in [0.05, 0.1) is 21.9 Å². The number of nitrogens with zero attached hydrogens (tertiary/aromatic N) is 2. The maximum atomic E-state index is 13.5. The molecule has 1 aromatic carbocycles. The zero-order valence-electron chi connectivity index (χ0n) is 11.5. The van der Waals surface area contributed by atoms with Gasteiger partial charge in [0.25, 0.3) is 5.69 Å². The fourth-order valence-corrected chi connectivity index (χ4v) is 2.42. The number of fused-ring (bicyclic) bond motifs is 1. The number of nitrogens with two attached hydrogens (primary N) is 1. The summed E-state index contributed by atoms with van der Waals surface area (Å²) in [6, 6.07) is 0.835. The summed E-state index contributed by atoms with van der Waals surface area (Å²) in [7, 11) is 1.64. The number of non-ortho nitro benzene ring substituents is 1. The zero-order chi connectivity index (χ0) is 15.9. The third kappa shape index (κ3) is 2.45. The van der Waals surface area contributed by atoms with E-state index in [1.807, 2.05) is 0 Å². The van der Waals surface area contributed by atoms with Crippen molar-refractivity contribution in [3.05, 3.63) is 39.3 Å². The molecular weight excluding hydrogens is 281 g/mol. The van der Waals surface area contributed by atoms with Crippen molar-refractivity contribution in [2.45, 2.75) is 19.4 Å². The molecule has 2 aromatic rings. The van der Waals surface area contributed by atoms with E-state index in [0.29, 0.717) is 16.8 Å². The van der Waals surface area contributed by atoms with E-state index in [-0.39, 0.29) is 17.5 Å². The molecule has 1 unspecified atom stereocenters. The maximum Gasteiger partial charge on any atom is 0.320 e. The van der Waals surface area contributed by atoms with Gasteiger partial charge < -0.3 is 15.4 Å². The first-order valence-electron chi connectivity index (χ1n) is 6.14. The van der Waals surface area contributed by atoms with E-state index in [9.17, 15) is 19.3 Å². The Balaban J connectivity index is 2.78. The third-order valence-corrected chi connectivity index (χ3v) is 3.60. The minimum atomic E-state index is -1.20. The summed E-state index contributed by atoms with van der Waals surface area (Å²) in [5.41, 5.74) is 6.55. The predicted molar refractivity (Wildman–Crippen MR) is 73.6 cm³/mol. The molecule has 0 amide bonds. The number of halogens is 1. The van der Waals surface area contributed by atoms with Crippen molar-refractivity contribution in [3.63, 3.8) is 0 Å². The van der Waals surface area contributed by atoms with Crippen LogP contribution in [0.2, 0.25) is 0 Å². The summed E-state index contributed by atoms with van der Waals surface area (Å²) in [5, 5.41) is 20.3. The summed E-state index contributed by atoms with van der Waals surface area (Å²) in [6.07, 6.45) is -0.0645. The van der Waals surface area contributed by atoms with Gasteiger partial charge in [0.15, 0.2) is 0 Å². The normalized spacial score (nSPS) is 12.6. The Hall–Kier alpha value is -2.48. The molecule has 0 fully saturated rings. The molecule has 3 N–H and O–H groups in total. The molecule has 0 aliphatic carbocycles. The average molecular weight is 295 g/mol. The van der Waals surface area contributed by atoms with E-state index >= 15 is 0 Å². The van der Waals surface area contributed by atoms with E-state index in [1.54, 1.807) is 18.5 Å². The van der Waals surface area contributed by atoms with Crippen LogP contribution < -0.4 is 5.73 Å². The summed E-state index contributed by atoms with van der Waals surface area (Å²) in [4.78, 5) is 21.4. The molecule has 21 heavy (non-hydrogen) atoms. The van der Waals surface area contributed by atoms with Gasteiger partial charge in [-0.2, -0.15) is 0 Å². The Kier molecular flexibility index (Phi) is 3.65. The molecule has 0 radical (unpaired) electrons. The molecular formula is C13H14FN3O4. The highest BCUT2D eigenvalue weighted by atomic mass is 19.1. The second-order valence-electron chi connectivity index (χ2n) is 4.85. The summed E-state index contributed by atoms with van der Waals surface area (Å²) in [5.74, 6) is -1.92. The molecule has 0 saturated carbocycles. The van der Waals surface area contributed by atoms with E-state index in [1.165, 1.54) is 6.07 Å². The monoisotopic (exact) mass is 295 g/mol. The Morgan fingerprint density at radius 1 is 1.57 bits per heavy atom. The van der Waals surface area contributed by atoms with Gasteiger partial charge >= 0.3 is 5.97 Å². The number of aryl methyl sites for hydroxylation is 1. The van der Waals surface area contributed by atoms with Crippen LogP contribution in [-0.4, -0.2) is 26.6 Å². The minimum Gasteiger partial charge on any atom is -0.480 e. The summed E-state index contributed by atoms with van der Waals surface area (Å²) >= 11 is 0. The van der Waals surface area contributed by atoms with Gasteiger partial charge in [-0.25, -0.2) is 4.39 Å². The second-order valence-corrected chi connectivity index (χ2v) is 4.85. The molecule has 8 heteroatoms. The number of nitro benzene ring substituents is 1. The number of carboxylic acids is 1. The van der Waals surface area contributed by atoms with Crippen molar-refractivity contribution in [2.24, 2.45) is 12.8 Å². The van der Waals surface area contributed by atoms with Crippen molar-refractivity contribution >= 4 is 22.6 Å². The molecule has 7 nitrogen and oxygen atoms in total. The number of hydrogen-bond donors (Lipinski definition) is 2. The van der Waals surface area contributed by atoms with Gasteiger partial charge in [-0.15, -0.1) is 0 Å². The van der Waals surface area contributed by atoms with Gasteiger partial charge in [0.1, 0.15) is 11.9 Å². The quantitative estimate of drug-likeness (QED) is 0.655. The average Bonchev–Trinajstić information content (AvgIpc) is 2.63. The Labute approximate surface area is 118 Å². The first-order valence-corrected chi connectivity index (χ1v) is 6.14. The van der Waals surface area contributed by atoms with Crippen LogP contribution >= 0.6 is 0 Å².